The summed E-state index contributed by atoms with van der Waals surface area (Å²) in [6, 6.07) is 0.287. The van der Waals surface area contributed by atoms with Gasteiger partial charge in [0, 0.05) is 19.1 Å². The van der Waals surface area contributed by atoms with Crippen LogP contribution in [0.5, 0.6) is 0 Å². The molecule has 1 amide bonds. The molecule has 2 saturated heterocycles. The number of carbonyl (C=O) groups excluding carboxylic acids is 1. The maximum Gasteiger partial charge on any atom is 0.471 e. The molecule has 6 heteroatoms. The van der Waals surface area contributed by atoms with Crippen molar-refractivity contribution in [3.63, 3.8) is 0 Å². The summed E-state index contributed by atoms with van der Waals surface area (Å²) >= 11 is 0. The van der Waals surface area contributed by atoms with Gasteiger partial charge in [-0.15, -0.1) is 0 Å². The van der Waals surface area contributed by atoms with Crippen molar-refractivity contribution in [3.8, 4) is 0 Å². The quantitative estimate of drug-likeness (QED) is 0.765. The van der Waals surface area contributed by atoms with Gasteiger partial charge < -0.3 is 10.2 Å². The van der Waals surface area contributed by atoms with Gasteiger partial charge in [-0.25, -0.2) is 0 Å². The number of alkyl halides is 3. The van der Waals surface area contributed by atoms with Crippen LogP contribution >= 0.6 is 0 Å². The number of amides is 1. The molecule has 0 unspecified atom stereocenters. The molecule has 2 aliphatic rings. The number of hydrogen-bond donors (Lipinski definition) is 1. The Morgan fingerprint density at radius 3 is 2.59 bits per heavy atom. The molecule has 17 heavy (non-hydrogen) atoms. The molecule has 0 aromatic rings. The van der Waals surface area contributed by atoms with E-state index in [1.165, 1.54) is 0 Å². The first-order valence-corrected chi connectivity index (χ1v) is 6.08. The van der Waals surface area contributed by atoms with Gasteiger partial charge in [-0.1, -0.05) is 6.42 Å². The molecule has 0 radical (unpaired) electrons. The number of carbonyl (C=O) groups is 1. The number of rotatable bonds is 1. The molecule has 2 fully saturated rings. The summed E-state index contributed by atoms with van der Waals surface area (Å²) < 4.78 is 36.8. The van der Waals surface area contributed by atoms with Crippen molar-refractivity contribution in [1.29, 1.82) is 0 Å². The number of nitrogens with one attached hydrogen (secondary N) is 1. The van der Waals surface area contributed by atoms with Gasteiger partial charge in [0.15, 0.2) is 0 Å². The lowest BCUT2D eigenvalue weighted by Crippen LogP contribution is -2.43. The molecule has 0 spiro atoms. The highest BCUT2D eigenvalue weighted by atomic mass is 19.4. The van der Waals surface area contributed by atoms with Crippen LogP contribution < -0.4 is 5.32 Å². The minimum atomic E-state index is -4.73. The molecule has 98 valence electrons. The molecule has 0 aromatic carbocycles. The fourth-order valence-electron chi connectivity index (χ4n) is 2.76. The molecule has 2 atom stereocenters. The third-order valence-corrected chi connectivity index (χ3v) is 3.67. The van der Waals surface area contributed by atoms with E-state index in [9.17, 15) is 18.0 Å². The van der Waals surface area contributed by atoms with Gasteiger partial charge in [0.2, 0.25) is 0 Å². The van der Waals surface area contributed by atoms with Crippen LogP contribution in [-0.2, 0) is 4.79 Å². The summed E-state index contributed by atoms with van der Waals surface area (Å²) in [6.07, 6.45) is -0.775. The molecule has 2 aliphatic heterocycles. The zero-order valence-corrected chi connectivity index (χ0v) is 9.59. The van der Waals surface area contributed by atoms with Gasteiger partial charge in [0.1, 0.15) is 0 Å². The minimum Gasteiger partial charge on any atom is -0.335 e. The van der Waals surface area contributed by atoms with Crippen LogP contribution in [0.1, 0.15) is 25.7 Å². The molecule has 1 N–H and O–H groups in total. The highest BCUT2D eigenvalue weighted by Crippen LogP contribution is 2.28. The van der Waals surface area contributed by atoms with Crippen LogP contribution in [-0.4, -0.2) is 42.7 Å². The molecular weight excluding hydrogens is 233 g/mol. The lowest BCUT2D eigenvalue weighted by molar-refractivity contribution is -0.184. The van der Waals surface area contributed by atoms with E-state index in [4.69, 9.17) is 0 Å². The van der Waals surface area contributed by atoms with Crippen molar-refractivity contribution in [2.75, 3.05) is 19.6 Å². The van der Waals surface area contributed by atoms with Crippen molar-refractivity contribution in [3.05, 3.63) is 0 Å². The first-order chi connectivity index (χ1) is 7.98. The molecule has 0 aliphatic carbocycles. The maximum absolute atomic E-state index is 12.3. The van der Waals surface area contributed by atoms with Crippen molar-refractivity contribution in [1.82, 2.24) is 10.2 Å². The van der Waals surface area contributed by atoms with Gasteiger partial charge in [0.05, 0.1) is 0 Å². The van der Waals surface area contributed by atoms with E-state index in [-0.39, 0.29) is 25.0 Å². The molecule has 0 bridgehead atoms. The van der Waals surface area contributed by atoms with E-state index in [0.29, 0.717) is 6.42 Å². The Bertz CT molecular complexity index is 287. The van der Waals surface area contributed by atoms with Crippen molar-refractivity contribution >= 4 is 5.91 Å². The van der Waals surface area contributed by atoms with Gasteiger partial charge >= 0.3 is 12.1 Å². The summed E-state index contributed by atoms with van der Waals surface area (Å²) in [5.41, 5.74) is 0. The highest BCUT2D eigenvalue weighted by Gasteiger charge is 2.45. The van der Waals surface area contributed by atoms with E-state index in [1.807, 2.05) is 0 Å². The van der Waals surface area contributed by atoms with Crippen LogP contribution in [0.4, 0.5) is 13.2 Å². The molecule has 0 aromatic heterocycles. The molecule has 2 heterocycles. The number of halogens is 3. The van der Waals surface area contributed by atoms with Crippen LogP contribution in [0.25, 0.3) is 0 Å². The predicted molar refractivity (Wildman–Crippen MR) is 56.4 cm³/mol. The lowest BCUT2D eigenvalue weighted by Gasteiger charge is -2.28. The Balaban J connectivity index is 1.88. The van der Waals surface area contributed by atoms with Crippen LogP contribution in [0, 0.1) is 5.92 Å². The van der Waals surface area contributed by atoms with Gasteiger partial charge in [-0.2, -0.15) is 13.2 Å². The number of likely N-dealkylation sites (tertiary alicyclic amines) is 1. The third kappa shape index (κ3) is 2.91. The molecule has 3 nitrogen and oxygen atoms in total. The molecular formula is C11H17F3N2O. The van der Waals surface area contributed by atoms with Crippen molar-refractivity contribution in [2.45, 2.75) is 37.9 Å². The monoisotopic (exact) mass is 250 g/mol. The number of nitrogens with zero attached hydrogens (tertiary/aromatic N) is 1. The number of hydrogen-bond acceptors (Lipinski definition) is 2. The van der Waals surface area contributed by atoms with Crippen molar-refractivity contribution < 1.29 is 18.0 Å². The predicted octanol–water partition coefficient (Wildman–Crippen LogP) is 1.54. The Labute approximate surface area is 98.3 Å². The Hall–Kier alpha value is -0.780. The Kier molecular flexibility index (Phi) is 3.61. The molecule has 2 rings (SSSR count). The second-order valence-electron chi connectivity index (χ2n) is 4.85. The first-order valence-electron chi connectivity index (χ1n) is 6.08. The maximum atomic E-state index is 12.3. The highest BCUT2D eigenvalue weighted by molar-refractivity contribution is 5.82. The summed E-state index contributed by atoms with van der Waals surface area (Å²) in [5, 5.41) is 3.34. The fourth-order valence-corrected chi connectivity index (χ4v) is 2.76. The first kappa shape index (κ1) is 12.7. The zero-order valence-electron chi connectivity index (χ0n) is 9.59. The Morgan fingerprint density at radius 2 is 2.00 bits per heavy atom. The summed E-state index contributed by atoms with van der Waals surface area (Å²) in [7, 11) is 0. The number of piperidine rings is 1. The average Bonchev–Trinajstić information content (AvgIpc) is 2.77. The van der Waals surface area contributed by atoms with Crippen LogP contribution in [0.2, 0.25) is 0 Å². The largest absolute Gasteiger partial charge is 0.471 e. The Morgan fingerprint density at radius 1 is 1.24 bits per heavy atom. The van der Waals surface area contributed by atoms with Gasteiger partial charge in [-0.3, -0.25) is 4.79 Å². The molecule has 0 saturated carbocycles. The van der Waals surface area contributed by atoms with E-state index >= 15 is 0 Å². The minimum absolute atomic E-state index is 0.182. The average molecular weight is 250 g/mol. The third-order valence-electron chi connectivity index (χ3n) is 3.67. The lowest BCUT2D eigenvalue weighted by atomic mass is 9.91. The summed E-state index contributed by atoms with van der Waals surface area (Å²) in [4.78, 5) is 12.0. The van der Waals surface area contributed by atoms with E-state index in [2.05, 4.69) is 5.32 Å². The van der Waals surface area contributed by atoms with Crippen LogP contribution in [0.15, 0.2) is 0 Å². The smallest absolute Gasteiger partial charge is 0.335 e. The van der Waals surface area contributed by atoms with E-state index < -0.39 is 12.1 Å². The second kappa shape index (κ2) is 4.84. The fraction of sp³-hybridized carbons (Fsp3) is 0.909. The zero-order chi connectivity index (χ0) is 12.5. The van der Waals surface area contributed by atoms with Gasteiger partial charge in [0.25, 0.3) is 0 Å². The van der Waals surface area contributed by atoms with Crippen LogP contribution in [0.3, 0.4) is 0 Å². The van der Waals surface area contributed by atoms with E-state index in [1.54, 1.807) is 0 Å². The van der Waals surface area contributed by atoms with Crippen molar-refractivity contribution in [2.24, 2.45) is 5.92 Å². The summed E-state index contributed by atoms with van der Waals surface area (Å²) in [6.45, 7) is 1.42. The topological polar surface area (TPSA) is 32.3 Å². The normalized spacial score (nSPS) is 30.6. The van der Waals surface area contributed by atoms with Gasteiger partial charge in [-0.05, 0) is 31.7 Å². The summed E-state index contributed by atoms with van der Waals surface area (Å²) in [5.74, 6) is -1.50. The van der Waals surface area contributed by atoms with E-state index in [0.717, 1.165) is 30.7 Å². The SMILES string of the molecule is O=C(N1CC[C@H]([C@H]2CCCCN2)C1)C(F)(F)F. The second-order valence-corrected chi connectivity index (χ2v) is 4.85. The standard InChI is InChI=1S/C11H17F3N2O/c12-11(13,14)10(17)16-6-4-8(7-16)9-3-1-2-5-15-9/h8-9,15H,1-7H2/t8-,9+/m0/s1.